The van der Waals surface area contributed by atoms with Crippen molar-refractivity contribution >= 4 is 29.9 Å². The van der Waals surface area contributed by atoms with Crippen LogP contribution in [-0.4, -0.2) is 61.2 Å². The van der Waals surface area contributed by atoms with E-state index in [0.29, 0.717) is 19.7 Å². The maximum absolute atomic E-state index is 5.07. The number of aromatic nitrogens is 3. The molecule has 0 aromatic carbocycles. The number of hydrogen-bond acceptors (Lipinski definition) is 5. The third-order valence-electron chi connectivity index (χ3n) is 3.39. The zero-order valence-corrected chi connectivity index (χ0v) is 17.6. The summed E-state index contributed by atoms with van der Waals surface area (Å²) in [4.78, 5) is 8.96. The third-order valence-corrected chi connectivity index (χ3v) is 3.39. The van der Waals surface area contributed by atoms with Crippen molar-refractivity contribution in [3.05, 3.63) is 42.4 Å². The summed E-state index contributed by atoms with van der Waals surface area (Å²) < 4.78 is 11.9. The van der Waals surface area contributed by atoms with E-state index in [1.165, 1.54) is 0 Å². The van der Waals surface area contributed by atoms with Crippen molar-refractivity contribution in [2.45, 2.75) is 13.0 Å². The number of rotatable bonds is 10. The highest BCUT2D eigenvalue weighted by Crippen LogP contribution is 2.07. The highest BCUT2D eigenvalue weighted by Gasteiger charge is 2.02. The van der Waals surface area contributed by atoms with E-state index in [2.05, 4.69) is 25.7 Å². The number of hydrogen-bond donors (Lipinski definition) is 2. The molecule has 2 aromatic heterocycles. The van der Waals surface area contributed by atoms with Crippen LogP contribution in [0, 0.1) is 0 Å². The summed E-state index contributed by atoms with van der Waals surface area (Å²) in [6, 6.07) is 5.80. The van der Waals surface area contributed by atoms with Crippen molar-refractivity contribution in [3.8, 4) is 5.82 Å². The molecule has 0 fully saturated rings. The number of aliphatic imine (C=N–C) groups is 1. The Kier molecular flexibility index (Phi) is 11.6. The van der Waals surface area contributed by atoms with Crippen LogP contribution in [0.3, 0.4) is 0 Å². The van der Waals surface area contributed by atoms with Crippen molar-refractivity contribution in [3.63, 3.8) is 0 Å². The van der Waals surface area contributed by atoms with Gasteiger partial charge in [-0.1, -0.05) is 0 Å². The summed E-state index contributed by atoms with van der Waals surface area (Å²) in [6.45, 7) is 3.37. The number of ether oxygens (including phenoxy) is 2. The van der Waals surface area contributed by atoms with Gasteiger partial charge in [0.25, 0.3) is 0 Å². The minimum atomic E-state index is 0. The summed E-state index contributed by atoms with van der Waals surface area (Å²) in [5.41, 5.74) is 1.06. The highest BCUT2D eigenvalue weighted by molar-refractivity contribution is 14.0. The van der Waals surface area contributed by atoms with Crippen LogP contribution < -0.4 is 10.6 Å². The second kappa shape index (κ2) is 13.5. The molecule has 0 unspecified atom stereocenters. The van der Waals surface area contributed by atoms with Gasteiger partial charge < -0.3 is 20.1 Å². The normalized spacial score (nSPS) is 11.1. The van der Waals surface area contributed by atoms with Crippen molar-refractivity contribution in [1.29, 1.82) is 0 Å². The topological polar surface area (TPSA) is 85.6 Å². The van der Waals surface area contributed by atoms with Crippen LogP contribution in [0.1, 0.15) is 12.0 Å². The maximum Gasteiger partial charge on any atom is 0.191 e. The van der Waals surface area contributed by atoms with Crippen molar-refractivity contribution < 1.29 is 9.47 Å². The lowest BCUT2D eigenvalue weighted by Crippen LogP contribution is -2.39. The Labute approximate surface area is 171 Å². The molecule has 0 aliphatic rings. The van der Waals surface area contributed by atoms with Crippen LogP contribution in [0.15, 0.2) is 41.8 Å². The molecular formula is C17H27IN6O2. The molecule has 2 aromatic rings. The summed E-state index contributed by atoms with van der Waals surface area (Å²) in [5.74, 6) is 1.53. The van der Waals surface area contributed by atoms with Gasteiger partial charge in [-0.3, -0.25) is 0 Å². The van der Waals surface area contributed by atoms with Gasteiger partial charge in [-0.25, -0.2) is 14.7 Å². The third kappa shape index (κ3) is 8.11. The smallest absolute Gasteiger partial charge is 0.191 e. The van der Waals surface area contributed by atoms with Gasteiger partial charge in [-0.2, -0.15) is 5.10 Å². The number of guanidine groups is 1. The fourth-order valence-corrected chi connectivity index (χ4v) is 2.13. The molecule has 0 amide bonds. The Hall–Kier alpha value is -1.72. The van der Waals surface area contributed by atoms with E-state index >= 15 is 0 Å². The van der Waals surface area contributed by atoms with Gasteiger partial charge in [0.15, 0.2) is 11.8 Å². The lowest BCUT2D eigenvalue weighted by atomic mass is 10.2. The lowest BCUT2D eigenvalue weighted by Gasteiger charge is -2.12. The number of methoxy groups -OCH3 is 2. The van der Waals surface area contributed by atoms with Gasteiger partial charge in [0.2, 0.25) is 0 Å². The first kappa shape index (κ1) is 22.3. The van der Waals surface area contributed by atoms with Crippen LogP contribution in [0.4, 0.5) is 0 Å². The van der Waals surface area contributed by atoms with E-state index in [1.807, 2.05) is 24.4 Å². The molecule has 0 saturated heterocycles. The Balaban J connectivity index is 0.00000338. The fourth-order valence-electron chi connectivity index (χ4n) is 2.13. The molecule has 144 valence electrons. The molecule has 2 N–H and O–H groups in total. The van der Waals surface area contributed by atoms with Crippen LogP contribution in [0.2, 0.25) is 0 Å². The molecule has 2 rings (SSSR count). The zero-order chi connectivity index (χ0) is 17.7. The predicted octanol–water partition coefficient (Wildman–Crippen LogP) is 1.60. The van der Waals surface area contributed by atoms with E-state index in [4.69, 9.17) is 9.47 Å². The molecule has 0 saturated carbocycles. The second-order valence-electron chi connectivity index (χ2n) is 5.33. The van der Waals surface area contributed by atoms with Crippen LogP contribution in [0.25, 0.3) is 5.82 Å². The summed E-state index contributed by atoms with van der Waals surface area (Å²) in [6.07, 6.45) is 6.28. The number of pyridine rings is 1. The van der Waals surface area contributed by atoms with Gasteiger partial charge in [-0.15, -0.1) is 24.0 Å². The largest absolute Gasteiger partial charge is 0.385 e. The first-order valence-electron chi connectivity index (χ1n) is 8.28. The minimum Gasteiger partial charge on any atom is -0.385 e. The molecule has 9 heteroatoms. The van der Waals surface area contributed by atoms with E-state index < -0.39 is 0 Å². The van der Waals surface area contributed by atoms with Crippen LogP contribution >= 0.6 is 24.0 Å². The van der Waals surface area contributed by atoms with Crippen molar-refractivity contribution in [1.82, 2.24) is 25.4 Å². The molecule has 26 heavy (non-hydrogen) atoms. The second-order valence-corrected chi connectivity index (χ2v) is 5.33. The molecule has 0 radical (unpaired) electrons. The van der Waals surface area contributed by atoms with E-state index in [1.54, 1.807) is 31.3 Å². The zero-order valence-electron chi connectivity index (χ0n) is 15.2. The molecule has 0 spiro atoms. The molecule has 0 aliphatic heterocycles. The number of halogens is 1. The van der Waals surface area contributed by atoms with Crippen LogP contribution in [-0.2, 0) is 16.0 Å². The van der Waals surface area contributed by atoms with Crippen molar-refractivity contribution in [2.75, 3.05) is 40.5 Å². The first-order valence-corrected chi connectivity index (χ1v) is 8.28. The SMILES string of the molecule is COCCCNC(=NCc1ccnc(-n2cccn2)c1)NCCOC.I. The van der Waals surface area contributed by atoms with Crippen LogP contribution in [0.5, 0.6) is 0 Å². The fraction of sp³-hybridized carbons (Fsp3) is 0.471. The van der Waals surface area contributed by atoms with E-state index in [0.717, 1.165) is 36.9 Å². The van der Waals surface area contributed by atoms with Gasteiger partial charge in [-0.05, 0) is 30.2 Å². The summed E-state index contributed by atoms with van der Waals surface area (Å²) in [7, 11) is 3.38. The quantitative estimate of drug-likeness (QED) is 0.236. The van der Waals surface area contributed by atoms with Gasteiger partial charge >= 0.3 is 0 Å². The number of nitrogens with one attached hydrogen (secondary N) is 2. The molecule has 0 aliphatic carbocycles. The maximum atomic E-state index is 5.07. The Bertz CT molecular complexity index is 636. The van der Waals surface area contributed by atoms with Gasteiger partial charge in [0, 0.05) is 52.5 Å². The Morgan fingerprint density at radius 3 is 2.69 bits per heavy atom. The lowest BCUT2D eigenvalue weighted by molar-refractivity contribution is 0.195. The average molecular weight is 474 g/mol. The van der Waals surface area contributed by atoms with E-state index in [-0.39, 0.29) is 24.0 Å². The van der Waals surface area contributed by atoms with E-state index in [9.17, 15) is 0 Å². The molecule has 0 bridgehead atoms. The number of nitrogens with zero attached hydrogens (tertiary/aromatic N) is 4. The van der Waals surface area contributed by atoms with Gasteiger partial charge in [0.05, 0.1) is 13.2 Å². The predicted molar refractivity (Wildman–Crippen MR) is 112 cm³/mol. The Morgan fingerprint density at radius 2 is 1.96 bits per heavy atom. The van der Waals surface area contributed by atoms with Gasteiger partial charge in [0.1, 0.15) is 0 Å². The first-order chi connectivity index (χ1) is 12.3. The summed E-state index contributed by atoms with van der Waals surface area (Å²) in [5, 5.41) is 10.7. The molecule has 8 nitrogen and oxygen atoms in total. The molecule has 0 atom stereocenters. The monoisotopic (exact) mass is 474 g/mol. The standard InChI is InChI=1S/C17H26N6O2.HI/c1-24-11-4-6-19-17(20-9-12-25-2)21-14-15-5-8-18-16(13-15)23-10-3-7-22-23;/h3,5,7-8,10,13H,4,6,9,11-12,14H2,1-2H3,(H2,19,20,21);1H. The Morgan fingerprint density at radius 1 is 1.15 bits per heavy atom. The average Bonchev–Trinajstić information content (AvgIpc) is 3.18. The molecular weight excluding hydrogens is 447 g/mol. The molecule has 2 heterocycles. The summed E-state index contributed by atoms with van der Waals surface area (Å²) >= 11 is 0. The minimum absolute atomic E-state index is 0. The highest BCUT2D eigenvalue weighted by atomic mass is 127. The van der Waals surface area contributed by atoms with Crippen molar-refractivity contribution in [2.24, 2.45) is 4.99 Å².